The summed E-state index contributed by atoms with van der Waals surface area (Å²) < 4.78 is 0. The molecule has 0 fully saturated rings. The minimum Gasteiger partial charge on any atom is -0.330 e. The Hall–Kier alpha value is -0.820. The number of benzene rings is 1. The molecule has 0 aliphatic heterocycles. The van der Waals surface area contributed by atoms with Gasteiger partial charge in [-0.1, -0.05) is 25.1 Å². The van der Waals surface area contributed by atoms with Gasteiger partial charge < -0.3 is 5.73 Å². The molecule has 0 bridgehead atoms. The molecular formula is C12H17N. The minimum absolute atomic E-state index is 0.237. The molecule has 1 aliphatic rings. The first-order chi connectivity index (χ1) is 6.17. The summed E-state index contributed by atoms with van der Waals surface area (Å²) in [5, 5.41) is 0. The van der Waals surface area contributed by atoms with Gasteiger partial charge in [0.1, 0.15) is 0 Å². The Balaban J connectivity index is 2.55. The van der Waals surface area contributed by atoms with Gasteiger partial charge in [0.15, 0.2) is 0 Å². The summed E-state index contributed by atoms with van der Waals surface area (Å²) in [5.41, 5.74) is 10.5. The topological polar surface area (TPSA) is 26.0 Å². The van der Waals surface area contributed by atoms with Crippen molar-refractivity contribution in [2.45, 2.75) is 32.1 Å². The van der Waals surface area contributed by atoms with E-state index in [0.29, 0.717) is 0 Å². The van der Waals surface area contributed by atoms with Crippen LogP contribution < -0.4 is 5.73 Å². The van der Waals surface area contributed by atoms with Crippen LogP contribution in [-0.4, -0.2) is 6.54 Å². The van der Waals surface area contributed by atoms with Crippen molar-refractivity contribution in [3.05, 3.63) is 34.9 Å². The van der Waals surface area contributed by atoms with E-state index in [2.05, 4.69) is 32.0 Å². The third-order valence-corrected chi connectivity index (χ3v) is 3.44. The van der Waals surface area contributed by atoms with Crippen LogP contribution in [0.2, 0.25) is 0 Å². The molecule has 1 aromatic carbocycles. The average molecular weight is 175 g/mol. The standard InChI is InChI=1S/C12H17N/c1-9-4-3-5-11-10(9)6-7-12(11,2)8-13/h3-5H,6-8,13H2,1-2H3. The first kappa shape index (κ1) is 8.76. The molecular weight excluding hydrogens is 158 g/mol. The number of hydrogen-bond acceptors (Lipinski definition) is 1. The molecule has 1 heteroatoms. The summed E-state index contributed by atoms with van der Waals surface area (Å²) in [6.45, 7) is 5.24. The fraction of sp³-hybridized carbons (Fsp3) is 0.500. The van der Waals surface area contributed by atoms with Gasteiger partial charge >= 0.3 is 0 Å². The largest absolute Gasteiger partial charge is 0.330 e. The third kappa shape index (κ3) is 1.19. The lowest BCUT2D eigenvalue weighted by atomic mass is 9.84. The van der Waals surface area contributed by atoms with E-state index < -0.39 is 0 Å². The Labute approximate surface area is 80.0 Å². The Morgan fingerprint density at radius 3 is 2.92 bits per heavy atom. The zero-order valence-corrected chi connectivity index (χ0v) is 8.43. The van der Waals surface area contributed by atoms with Gasteiger partial charge in [-0.2, -0.15) is 0 Å². The van der Waals surface area contributed by atoms with Crippen molar-refractivity contribution in [2.75, 3.05) is 6.54 Å². The van der Waals surface area contributed by atoms with Crippen molar-refractivity contribution in [3.63, 3.8) is 0 Å². The van der Waals surface area contributed by atoms with Crippen LogP contribution in [0.25, 0.3) is 0 Å². The first-order valence-electron chi connectivity index (χ1n) is 4.96. The van der Waals surface area contributed by atoms with E-state index in [1.54, 1.807) is 0 Å². The average Bonchev–Trinajstić information content (AvgIpc) is 2.47. The van der Waals surface area contributed by atoms with Gasteiger partial charge in [-0.3, -0.25) is 0 Å². The van der Waals surface area contributed by atoms with Gasteiger partial charge in [-0.25, -0.2) is 0 Å². The Morgan fingerprint density at radius 1 is 1.46 bits per heavy atom. The predicted octanol–water partition coefficient (Wildman–Crippen LogP) is 2.16. The number of hydrogen-bond donors (Lipinski definition) is 1. The monoisotopic (exact) mass is 175 g/mol. The number of aryl methyl sites for hydroxylation is 1. The molecule has 0 saturated carbocycles. The van der Waals surface area contributed by atoms with Crippen LogP contribution in [0.5, 0.6) is 0 Å². The molecule has 0 spiro atoms. The zero-order valence-electron chi connectivity index (χ0n) is 8.43. The molecule has 1 nitrogen and oxygen atoms in total. The molecule has 2 N–H and O–H groups in total. The van der Waals surface area contributed by atoms with Crippen molar-refractivity contribution >= 4 is 0 Å². The first-order valence-corrected chi connectivity index (χ1v) is 4.96. The Morgan fingerprint density at radius 2 is 2.23 bits per heavy atom. The van der Waals surface area contributed by atoms with Crippen LogP contribution >= 0.6 is 0 Å². The smallest absolute Gasteiger partial charge is 0.00533 e. The maximum Gasteiger partial charge on any atom is 0.00533 e. The summed E-state index contributed by atoms with van der Waals surface area (Å²) in [5.74, 6) is 0. The van der Waals surface area contributed by atoms with Gasteiger partial charge in [-0.05, 0) is 36.5 Å². The molecule has 0 amide bonds. The second kappa shape index (κ2) is 2.85. The molecule has 0 aromatic heterocycles. The van der Waals surface area contributed by atoms with Crippen LogP contribution in [-0.2, 0) is 11.8 Å². The summed E-state index contributed by atoms with van der Waals surface area (Å²) in [6.07, 6.45) is 2.42. The maximum absolute atomic E-state index is 5.83. The van der Waals surface area contributed by atoms with Crippen molar-refractivity contribution in [3.8, 4) is 0 Å². The third-order valence-electron chi connectivity index (χ3n) is 3.44. The quantitative estimate of drug-likeness (QED) is 0.695. The summed E-state index contributed by atoms with van der Waals surface area (Å²) in [7, 11) is 0. The van der Waals surface area contributed by atoms with E-state index >= 15 is 0 Å². The lowest BCUT2D eigenvalue weighted by Crippen LogP contribution is -2.28. The predicted molar refractivity (Wildman–Crippen MR) is 55.9 cm³/mol. The summed E-state index contributed by atoms with van der Waals surface area (Å²) in [4.78, 5) is 0. The Bertz CT molecular complexity index is 330. The van der Waals surface area contributed by atoms with Crippen LogP contribution in [0.15, 0.2) is 18.2 Å². The molecule has 70 valence electrons. The van der Waals surface area contributed by atoms with Crippen LogP contribution in [0.3, 0.4) is 0 Å². The molecule has 13 heavy (non-hydrogen) atoms. The molecule has 1 aliphatic carbocycles. The van der Waals surface area contributed by atoms with E-state index in [1.165, 1.54) is 29.5 Å². The zero-order chi connectivity index (χ0) is 9.47. The molecule has 1 unspecified atom stereocenters. The van der Waals surface area contributed by atoms with E-state index in [-0.39, 0.29) is 5.41 Å². The van der Waals surface area contributed by atoms with Gasteiger partial charge in [0.25, 0.3) is 0 Å². The molecule has 2 rings (SSSR count). The van der Waals surface area contributed by atoms with E-state index in [9.17, 15) is 0 Å². The fourth-order valence-electron chi connectivity index (χ4n) is 2.35. The second-order valence-corrected chi connectivity index (χ2v) is 4.37. The highest BCUT2D eigenvalue weighted by atomic mass is 14.6. The maximum atomic E-state index is 5.83. The van der Waals surface area contributed by atoms with Gasteiger partial charge in [-0.15, -0.1) is 0 Å². The second-order valence-electron chi connectivity index (χ2n) is 4.37. The lowest BCUT2D eigenvalue weighted by molar-refractivity contribution is 0.482. The normalized spacial score (nSPS) is 26.1. The SMILES string of the molecule is Cc1cccc2c1CCC2(C)CN. The number of fused-ring (bicyclic) bond motifs is 1. The number of nitrogens with two attached hydrogens (primary N) is 1. The van der Waals surface area contributed by atoms with Crippen LogP contribution in [0.4, 0.5) is 0 Å². The minimum atomic E-state index is 0.237. The van der Waals surface area contributed by atoms with Crippen LogP contribution in [0.1, 0.15) is 30.0 Å². The lowest BCUT2D eigenvalue weighted by Gasteiger charge is -2.23. The fourth-order valence-corrected chi connectivity index (χ4v) is 2.35. The van der Waals surface area contributed by atoms with Crippen molar-refractivity contribution in [2.24, 2.45) is 5.73 Å². The Kier molecular flexibility index (Phi) is 1.92. The van der Waals surface area contributed by atoms with E-state index in [0.717, 1.165) is 6.54 Å². The molecule has 1 atom stereocenters. The molecule has 0 radical (unpaired) electrons. The van der Waals surface area contributed by atoms with E-state index in [1.807, 2.05) is 0 Å². The van der Waals surface area contributed by atoms with Crippen molar-refractivity contribution in [1.82, 2.24) is 0 Å². The molecule has 1 aromatic rings. The number of rotatable bonds is 1. The highest BCUT2D eigenvalue weighted by molar-refractivity contribution is 5.43. The van der Waals surface area contributed by atoms with Crippen molar-refractivity contribution in [1.29, 1.82) is 0 Å². The van der Waals surface area contributed by atoms with Crippen molar-refractivity contribution < 1.29 is 0 Å². The highest BCUT2D eigenvalue weighted by Crippen LogP contribution is 2.38. The van der Waals surface area contributed by atoms with Gasteiger partial charge in [0.2, 0.25) is 0 Å². The van der Waals surface area contributed by atoms with Gasteiger partial charge in [0.05, 0.1) is 0 Å². The summed E-state index contributed by atoms with van der Waals surface area (Å²) >= 11 is 0. The van der Waals surface area contributed by atoms with Crippen LogP contribution in [0, 0.1) is 6.92 Å². The summed E-state index contributed by atoms with van der Waals surface area (Å²) in [6, 6.07) is 6.58. The molecule has 0 heterocycles. The van der Waals surface area contributed by atoms with E-state index in [4.69, 9.17) is 5.73 Å². The highest BCUT2D eigenvalue weighted by Gasteiger charge is 2.33. The van der Waals surface area contributed by atoms with Gasteiger partial charge in [0, 0.05) is 12.0 Å². The molecule has 0 saturated heterocycles.